The van der Waals surface area contributed by atoms with Crippen LogP contribution in [0.25, 0.3) is 22.0 Å². The smallest absolute Gasteiger partial charge is 0.406 e. The van der Waals surface area contributed by atoms with Crippen LogP contribution in [0.4, 0.5) is 17.6 Å². The van der Waals surface area contributed by atoms with Crippen molar-refractivity contribution in [3.8, 4) is 17.0 Å². The zero-order valence-corrected chi connectivity index (χ0v) is 18.4. The maximum Gasteiger partial charge on any atom is 0.573 e. The fourth-order valence-electron chi connectivity index (χ4n) is 3.84. The predicted octanol–water partition coefficient (Wildman–Crippen LogP) is 7.84. The number of fused-ring (bicyclic) bond motifs is 1. The van der Waals surface area contributed by atoms with E-state index in [2.05, 4.69) is 16.3 Å². The van der Waals surface area contributed by atoms with Crippen LogP contribution in [0.1, 0.15) is 23.1 Å². The zero-order valence-electron chi connectivity index (χ0n) is 18.4. The van der Waals surface area contributed by atoms with E-state index in [0.29, 0.717) is 23.8 Å². The molecule has 0 amide bonds. The number of nitrogens with zero attached hydrogens (tertiary/aromatic N) is 1. The van der Waals surface area contributed by atoms with Gasteiger partial charge in [0.2, 0.25) is 0 Å². The Balaban J connectivity index is 1.47. The van der Waals surface area contributed by atoms with Crippen molar-refractivity contribution in [2.24, 2.45) is 0 Å². The van der Waals surface area contributed by atoms with E-state index in [-0.39, 0.29) is 11.6 Å². The van der Waals surface area contributed by atoms with Gasteiger partial charge in [-0.1, -0.05) is 48.5 Å². The molecule has 2 nitrogen and oxygen atoms in total. The number of pyridine rings is 1. The first-order valence-electron chi connectivity index (χ1n) is 10.9. The second-order valence-corrected chi connectivity index (χ2v) is 8.05. The van der Waals surface area contributed by atoms with Crippen molar-refractivity contribution in [1.82, 2.24) is 4.98 Å². The van der Waals surface area contributed by atoms with Gasteiger partial charge in [0.15, 0.2) is 0 Å². The van der Waals surface area contributed by atoms with Gasteiger partial charge in [-0.15, -0.1) is 19.8 Å². The van der Waals surface area contributed by atoms with E-state index >= 15 is 4.39 Å². The highest BCUT2D eigenvalue weighted by atomic mass is 19.4. The number of rotatable bonds is 8. The maximum atomic E-state index is 15.2. The highest BCUT2D eigenvalue weighted by Gasteiger charge is 2.30. The molecule has 4 rings (SSSR count). The topological polar surface area (TPSA) is 22.1 Å². The molecule has 0 N–H and O–H groups in total. The number of alkyl halides is 3. The molecular formula is C28H23F4NO. The fourth-order valence-corrected chi connectivity index (χ4v) is 3.84. The summed E-state index contributed by atoms with van der Waals surface area (Å²) in [5, 5.41) is 1.31. The van der Waals surface area contributed by atoms with Gasteiger partial charge in [0.1, 0.15) is 11.6 Å². The largest absolute Gasteiger partial charge is 0.573 e. The van der Waals surface area contributed by atoms with Crippen molar-refractivity contribution in [2.75, 3.05) is 0 Å². The van der Waals surface area contributed by atoms with Crippen LogP contribution in [0.15, 0.2) is 85.6 Å². The minimum Gasteiger partial charge on any atom is -0.406 e. The average molecular weight is 465 g/mol. The Kier molecular flexibility index (Phi) is 6.96. The normalized spacial score (nSPS) is 11.5. The van der Waals surface area contributed by atoms with Crippen LogP contribution in [0.3, 0.4) is 0 Å². The molecule has 0 unspecified atom stereocenters. The van der Waals surface area contributed by atoms with Crippen LogP contribution in [0.5, 0.6) is 5.75 Å². The van der Waals surface area contributed by atoms with E-state index in [9.17, 15) is 13.2 Å². The summed E-state index contributed by atoms with van der Waals surface area (Å²) in [5.41, 5.74) is 4.23. The van der Waals surface area contributed by atoms with Crippen molar-refractivity contribution in [3.05, 3.63) is 108 Å². The number of aromatic nitrogens is 1. The van der Waals surface area contributed by atoms with Crippen LogP contribution in [0, 0.1) is 5.82 Å². The van der Waals surface area contributed by atoms with Gasteiger partial charge < -0.3 is 4.74 Å². The summed E-state index contributed by atoms with van der Waals surface area (Å²) in [7, 11) is 0. The molecule has 6 heteroatoms. The molecular weight excluding hydrogens is 442 g/mol. The molecule has 0 spiro atoms. The van der Waals surface area contributed by atoms with E-state index in [1.54, 1.807) is 24.3 Å². The lowest BCUT2D eigenvalue weighted by atomic mass is 9.98. The second kappa shape index (κ2) is 10.1. The molecule has 0 atom stereocenters. The van der Waals surface area contributed by atoms with Crippen molar-refractivity contribution in [3.63, 3.8) is 0 Å². The SMILES string of the molecule is C=CCCc1ccc(-c2ccc3c(F)c(CCc4ccc(OC(F)(F)F)cc4)ccc3c2)nc1. The first kappa shape index (κ1) is 23.5. The average Bonchev–Trinajstić information content (AvgIpc) is 2.82. The second-order valence-electron chi connectivity index (χ2n) is 8.05. The van der Waals surface area contributed by atoms with Gasteiger partial charge in [0.05, 0.1) is 5.69 Å². The molecule has 0 saturated heterocycles. The summed E-state index contributed by atoms with van der Waals surface area (Å²) >= 11 is 0. The molecule has 34 heavy (non-hydrogen) atoms. The number of aryl methyl sites for hydroxylation is 3. The molecule has 3 aromatic carbocycles. The van der Waals surface area contributed by atoms with E-state index < -0.39 is 6.36 Å². The summed E-state index contributed by atoms with van der Waals surface area (Å²) in [5.74, 6) is -0.557. The Morgan fingerprint density at radius 1 is 0.853 bits per heavy atom. The number of hydrogen-bond donors (Lipinski definition) is 0. The molecule has 1 heterocycles. The lowest BCUT2D eigenvalue weighted by Crippen LogP contribution is -2.17. The van der Waals surface area contributed by atoms with Gasteiger partial charge in [0, 0.05) is 17.1 Å². The Morgan fingerprint density at radius 3 is 2.29 bits per heavy atom. The molecule has 0 bridgehead atoms. The molecule has 4 aromatic rings. The van der Waals surface area contributed by atoms with Crippen molar-refractivity contribution in [1.29, 1.82) is 0 Å². The predicted molar refractivity (Wildman–Crippen MR) is 126 cm³/mol. The molecule has 0 saturated carbocycles. The maximum absolute atomic E-state index is 15.2. The van der Waals surface area contributed by atoms with E-state index in [1.807, 2.05) is 42.6 Å². The van der Waals surface area contributed by atoms with Crippen LogP contribution >= 0.6 is 0 Å². The van der Waals surface area contributed by atoms with Gasteiger partial charge in [-0.3, -0.25) is 4.98 Å². The minimum atomic E-state index is -4.72. The Hall–Kier alpha value is -3.67. The number of hydrogen-bond acceptors (Lipinski definition) is 2. The van der Waals surface area contributed by atoms with Crippen LogP contribution in [-0.2, 0) is 19.3 Å². The molecule has 0 radical (unpaired) electrons. The van der Waals surface area contributed by atoms with Crippen LogP contribution in [-0.4, -0.2) is 11.3 Å². The third kappa shape index (κ3) is 5.81. The Labute approximate surface area is 195 Å². The van der Waals surface area contributed by atoms with Gasteiger partial charge in [-0.25, -0.2) is 4.39 Å². The Bertz CT molecular complexity index is 1280. The number of benzene rings is 3. The highest BCUT2D eigenvalue weighted by Crippen LogP contribution is 2.28. The lowest BCUT2D eigenvalue weighted by molar-refractivity contribution is -0.274. The fraction of sp³-hybridized carbons (Fsp3) is 0.179. The first-order valence-corrected chi connectivity index (χ1v) is 10.9. The van der Waals surface area contributed by atoms with Crippen LogP contribution < -0.4 is 4.74 Å². The van der Waals surface area contributed by atoms with E-state index in [0.717, 1.165) is 40.6 Å². The molecule has 174 valence electrons. The highest BCUT2D eigenvalue weighted by molar-refractivity contribution is 5.88. The molecule has 0 aliphatic rings. The molecule has 0 aliphatic carbocycles. The molecule has 0 aliphatic heterocycles. The van der Waals surface area contributed by atoms with Gasteiger partial charge in [-0.05, 0) is 72.0 Å². The third-order valence-electron chi connectivity index (χ3n) is 5.63. The lowest BCUT2D eigenvalue weighted by Gasteiger charge is -2.10. The monoisotopic (exact) mass is 465 g/mol. The summed E-state index contributed by atoms with van der Waals surface area (Å²) in [6.45, 7) is 3.73. The summed E-state index contributed by atoms with van der Waals surface area (Å²) in [4.78, 5) is 4.54. The molecule has 1 aromatic heterocycles. The number of allylic oxidation sites excluding steroid dienone is 1. The summed E-state index contributed by atoms with van der Waals surface area (Å²) in [6.07, 6.45) is 1.73. The number of ether oxygens (including phenoxy) is 1. The van der Waals surface area contributed by atoms with E-state index in [1.165, 1.54) is 12.1 Å². The van der Waals surface area contributed by atoms with Crippen molar-refractivity contribution in [2.45, 2.75) is 32.0 Å². The van der Waals surface area contributed by atoms with Gasteiger partial charge in [0.25, 0.3) is 0 Å². The minimum absolute atomic E-state index is 0.273. The standard InChI is InChI=1S/C28H23F4NO/c1-2-3-4-20-8-16-26(33-18-20)23-12-15-25-22(17-23)11-10-21(27(25)29)9-5-19-6-13-24(14-7-19)34-28(30,31)32/h2,6-8,10-18H,1,3-5,9H2. The van der Waals surface area contributed by atoms with Gasteiger partial charge in [-0.2, -0.15) is 0 Å². The molecule has 0 fully saturated rings. The van der Waals surface area contributed by atoms with Crippen LogP contribution in [0.2, 0.25) is 0 Å². The summed E-state index contributed by atoms with van der Waals surface area (Å²) < 4.78 is 55.9. The van der Waals surface area contributed by atoms with Gasteiger partial charge >= 0.3 is 6.36 Å². The first-order chi connectivity index (χ1) is 16.3. The Morgan fingerprint density at radius 2 is 1.62 bits per heavy atom. The zero-order chi connectivity index (χ0) is 24.1. The van der Waals surface area contributed by atoms with Crippen molar-refractivity contribution < 1.29 is 22.3 Å². The quantitative estimate of drug-likeness (QED) is 0.195. The summed E-state index contributed by atoms with van der Waals surface area (Å²) in [6, 6.07) is 18.8. The number of halogens is 4. The van der Waals surface area contributed by atoms with Crippen molar-refractivity contribution >= 4 is 10.8 Å². The third-order valence-corrected chi connectivity index (χ3v) is 5.63. The van der Waals surface area contributed by atoms with E-state index in [4.69, 9.17) is 0 Å².